The smallest absolute Gasteiger partial charge is 0.255 e. The van der Waals surface area contributed by atoms with E-state index in [1.54, 1.807) is 48.5 Å². The second-order valence-electron chi connectivity index (χ2n) is 5.90. The predicted octanol–water partition coefficient (Wildman–Crippen LogP) is 5.00. The van der Waals surface area contributed by atoms with E-state index in [0.717, 1.165) is 11.0 Å². The second-order valence-corrected chi connectivity index (χ2v) is 7.91. The Morgan fingerprint density at radius 1 is 0.857 bits per heavy atom. The van der Waals surface area contributed by atoms with Crippen LogP contribution in [0.4, 0.5) is 11.4 Å². The molecule has 142 valence electrons. The van der Waals surface area contributed by atoms with E-state index in [9.17, 15) is 13.2 Å². The molecule has 0 atom stereocenters. The first-order chi connectivity index (χ1) is 13.4. The molecule has 0 aliphatic carbocycles. The molecule has 0 aliphatic heterocycles. The van der Waals surface area contributed by atoms with Gasteiger partial charge in [-0.05, 0) is 54.1 Å². The average Bonchev–Trinajstić information content (AvgIpc) is 2.67. The molecule has 7 heteroatoms. The van der Waals surface area contributed by atoms with E-state index in [-0.39, 0.29) is 5.91 Å². The van der Waals surface area contributed by atoms with Crippen molar-refractivity contribution in [2.24, 2.45) is 0 Å². The van der Waals surface area contributed by atoms with Gasteiger partial charge in [-0.3, -0.25) is 9.52 Å². The lowest BCUT2D eigenvalue weighted by molar-refractivity contribution is 0.102. The second kappa shape index (κ2) is 8.73. The maximum atomic E-state index is 12.3. The predicted molar refractivity (Wildman–Crippen MR) is 114 cm³/mol. The number of rotatable bonds is 6. The van der Waals surface area contributed by atoms with Crippen molar-refractivity contribution in [1.82, 2.24) is 0 Å². The molecule has 0 aliphatic rings. The van der Waals surface area contributed by atoms with Crippen LogP contribution in [0.3, 0.4) is 0 Å². The molecule has 28 heavy (non-hydrogen) atoms. The molecular formula is C21H17ClN2O3S. The Bertz CT molecular complexity index is 1100. The third kappa shape index (κ3) is 5.70. The molecule has 0 radical (unpaired) electrons. The van der Waals surface area contributed by atoms with E-state index < -0.39 is 10.0 Å². The van der Waals surface area contributed by atoms with Gasteiger partial charge in [-0.2, -0.15) is 0 Å². The van der Waals surface area contributed by atoms with Gasteiger partial charge in [-0.25, -0.2) is 8.42 Å². The Labute approximate surface area is 168 Å². The fourth-order valence-electron chi connectivity index (χ4n) is 2.39. The third-order valence-electron chi connectivity index (χ3n) is 3.73. The lowest BCUT2D eigenvalue weighted by atomic mass is 10.2. The van der Waals surface area contributed by atoms with Gasteiger partial charge in [0.1, 0.15) is 0 Å². The van der Waals surface area contributed by atoms with E-state index in [1.165, 1.54) is 18.2 Å². The van der Waals surface area contributed by atoms with Gasteiger partial charge in [0, 0.05) is 22.0 Å². The van der Waals surface area contributed by atoms with Crippen molar-refractivity contribution in [2.45, 2.75) is 0 Å². The van der Waals surface area contributed by atoms with Gasteiger partial charge in [0.15, 0.2) is 0 Å². The number of anilines is 2. The van der Waals surface area contributed by atoms with Crippen molar-refractivity contribution in [3.05, 3.63) is 100 Å². The normalized spacial score (nSPS) is 11.3. The number of hydrogen-bond donors (Lipinski definition) is 2. The number of nitrogens with one attached hydrogen (secondary N) is 2. The molecule has 3 aromatic carbocycles. The summed E-state index contributed by atoms with van der Waals surface area (Å²) in [6.07, 6.45) is 1.51. The molecule has 3 aromatic rings. The molecule has 0 aromatic heterocycles. The van der Waals surface area contributed by atoms with Crippen LogP contribution in [-0.2, 0) is 10.0 Å². The Morgan fingerprint density at radius 2 is 1.57 bits per heavy atom. The molecule has 0 fully saturated rings. The summed E-state index contributed by atoms with van der Waals surface area (Å²) in [5, 5.41) is 4.35. The molecule has 0 spiro atoms. The van der Waals surface area contributed by atoms with Crippen LogP contribution in [0.2, 0.25) is 5.02 Å². The van der Waals surface area contributed by atoms with Crippen molar-refractivity contribution in [3.8, 4) is 0 Å². The number of halogens is 1. The average molecular weight is 413 g/mol. The molecule has 0 unspecified atom stereocenters. The number of benzene rings is 3. The third-order valence-corrected chi connectivity index (χ3v) is 4.98. The number of carbonyl (C=O) groups excluding carboxylic acids is 1. The fourth-order valence-corrected chi connectivity index (χ4v) is 3.45. The highest BCUT2D eigenvalue weighted by Gasteiger charge is 2.09. The quantitative estimate of drug-likeness (QED) is 0.597. The Kier molecular flexibility index (Phi) is 6.13. The summed E-state index contributed by atoms with van der Waals surface area (Å²) in [5.41, 5.74) is 2.11. The minimum Gasteiger partial charge on any atom is -0.322 e. The van der Waals surface area contributed by atoms with Gasteiger partial charge in [0.25, 0.3) is 15.9 Å². The zero-order valence-electron chi connectivity index (χ0n) is 14.7. The molecule has 0 heterocycles. The first-order valence-electron chi connectivity index (χ1n) is 8.34. The molecule has 2 N–H and O–H groups in total. The maximum absolute atomic E-state index is 12.3. The summed E-state index contributed by atoms with van der Waals surface area (Å²) in [6.45, 7) is 0. The minimum absolute atomic E-state index is 0.319. The van der Waals surface area contributed by atoms with Gasteiger partial charge in [-0.1, -0.05) is 48.0 Å². The summed E-state index contributed by atoms with van der Waals surface area (Å²) in [6, 6.07) is 22.1. The molecule has 5 nitrogen and oxygen atoms in total. The largest absolute Gasteiger partial charge is 0.322 e. The zero-order valence-corrected chi connectivity index (χ0v) is 16.2. The van der Waals surface area contributed by atoms with Crippen LogP contribution >= 0.6 is 11.6 Å². The highest BCUT2D eigenvalue weighted by atomic mass is 35.5. The Morgan fingerprint density at radius 3 is 2.25 bits per heavy atom. The number of hydrogen-bond acceptors (Lipinski definition) is 3. The maximum Gasteiger partial charge on any atom is 0.255 e. The SMILES string of the molecule is O=C(Nc1cccc(Cl)c1)c1ccc(NS(=O)(=O)/C=C/c2ccccc2)cc1. The van der Waals surface area contributed by atoms with E-state index >= 15 is 0 Å². The van der Waals surface area contributed by atoms with Crippen LogP contribution in [0.15, 0.2) is 84.3 Å². The fraction of sp³-hybridized carbons (Fsp3) is 0. The Hall–Kier alpha value is -3.09. The summed E-state index contributed by atoms with van der Waals surface area (Å²) < 4.78 is 26.8. The molecule has 0 saturated carbocycles. The molecular weight excluding hydrogens is 396 g/mol. The summed E-state index contributed by atoms with van der Waals surface area (Å²) in [4.78, 5) is 12.3. The topological polar surface area (TPSA) is 75.3 Å². The van der Waals surface area contributed by atoms with Crippen LogP contribution in [-0.4, -0.2) is 14.3 Å². The molecule has 3 rings (SSSR count). The van der Waals surface area contributed by atoms with Crippen molar-refractivity contribution in [2.75, 3.05) is 10.0 Å². The van der Waals surface area contributed by atoms with Gasteiger partial charge in [0.05, 0.1) is 5.41 Å². The van der Waals surface area contributed by atoms with Crippen molar-refractivity contribution < 1.29 is 13.2 Å². The van der Waals surface area contributed by atoms with Crippen LogP contribution in [0, 0.1) is 0 Å². The molecule has 0 saturated heterocycles. The highest BCUT2D eigenvalue weighted by molar-refractivity contribution is 7.95. The van der Waals surface area contributed by atoms with Crippen molar-refractivity contribution in [3.63, 3.8) is 0 Å². The zero-order chi connectivity index (χ0) is 20.0. The first-order valence-corrected chi connectivity index (χ1v) is 10.3. The lowest BCUT2D eigenvalue weighted by Crippen LogP contribution is -2.12. The first kappa shape index (κ1) is 19.7. The number of amides is 1. The standard InChI is InChI=1S/C21H17ClN2O3S/c22-18-7-4-8-20(15-18)23-21(25)17-9-11-19(12-10-17)24-28(26,27)14-13-16-5-2-1-3-6-16/h1-15,24H,(H,23,25)/b14-13+. The van der Waals surface area contributed by atoms with Gasteiger partial charge in [0.2, 0.25) is 0 Å². The van der Waals surface area contributed by atoms with E-state index in [1.807, 2.05) is 18.2 Å². The molecule has 0 bridgehead atoms. The van der Waals surface area contributed by atoms with Crippen molar-refractivity contribution in [1.29, 1.82) is 0 Å². The van der Waals surface area contributed by atoms with Gasteiger partial charge < -0.3 is 5.32 Å². The summed E-state index contributed by atoms with van der Waals surface area (Å²) >= 11 is 5.90. The Balaban J connectivity index is 1.65. The van der Waals surface area contributed by atoms with Crippen molar-refractivity contribution >= 4 is 45.0 Å². The molecule has 1 amide bonds. The lowest BCUT2D eigenvalue weighted by Gasteiger charge is -2.08. The van der Waals surface area contributed by atoms with E-state index in [2.05, 4.69) is 10.0 Å². The van der Waals surface area contributed by atoms with E-state index in [4.69, 9.17) is 11.6 Å². The monoisotopic (exact) mass is 412 g/mol. The van der Waals surface area contributed by atoms with Crippen LogP contribution in [0.5, 0.6) is 0 Å². The number of sulfonamides is 1. The minimum atomic E-state index is -3.67. The van der Waals surface area contributed by atoms with Crippen LogP contribution < -0.4 is 10.0 Å². The van der Waals surface area contributed by atoms with E-state index in [0.29, 0.717) is 22.0 Å². The van der Waals surface area contributed by atoms with Crippen LogP contribution in [0.25, 0.3) is 6.08 Å². The summed E-state index contributed by atoms with van der Waals surface area (Å²) in [5.74, 6) is -0.319. The number of carbonyl (C=O) groups is 1. The summed E-state index contributed by atoms with van der Waals surface area (Å²) in [7, 11) is -3.67. The highest BCUT2D eigenvalue weighted by Crippen LogP contribution is 2.17. The van der Waals surface area contributed by atoms with Gasteiger partial charge in [-0.15, -0.1) is 0 Å². The van der Waals surface area contributed by atoms with Crippen LogP contribution in [0.1, 0.15) is 15.9 Å². The van der Waals surface area contributed by atoms with Gasteiger partial charge >= 0.3 is 0 Å².